The third-order valence-electron chi connectivity index (χ3n) is 3.63. The quantitative estimate of drug-likeness (QED) is 0.804. The third-order valence-corrected chi connectivity index (χ3v) is 5.01. The Kier molecular flexibility index (Phi) is 5.25. The van der Waals surface area contributed by atoms with Gasteiger partial charge in [0.25, 0.3) is 0 Å². The number of hydrogen-bond donors (Lipinski definition) is 2. The second-order valence-corrected chi connectivity index (χ2v) is 6.13. The number of hydrogen-bond acceptors (Lipinski definition) is 4. The van der Waals surface area contributed by atoms with Gasteiger partial charge in [-0.3, -0.25) is 4.57 Å². The van der Waals surface area contributed by atoms with Crippen molar-refractivity contribution in [3.63, 3.8) is 0 Å². The number of aromatic amines is 1. The van der Waals surface area contributed by atoms with Crippen LogP contribution in [0.25, 0.3) is 0 Å². The van der Waals surface area contributed by atoms with E-state index in [1.165, 1.54) is 11.1 Å². The molecular formula is C15H22N4OS. The van der Waals surface area contributed by atoms with E-state index in [1.807, 2.05) is 19.1 Å². The molecule has 0 aliphatic rings. The Morgan fingerprint density at radius 2 is 2.10 bits per heavy atom. The van der Waals surface area contributed by atoms with Gasteiger partial charge in [0.2, 0.25) is 0 Å². The first-order valence-electron chi connectivity index (χ1n) is 7.21. The Labute approximate surface area is 128 Å². The molecule has 2 rings (SSSR count). The fourth-order valence-electron chi connectivity index (χ4n) is 2.29. The molecular weight excluding hydrogens is 284 g/mol. The van der Waals surface area contributed by atoms with E-state index in [9.17, 15) is 4.79 Å². The molecule has 0 spiro atoms. The lowest BCUT2D eigenvalue weighted by molar-refractivity contribution is 0.620. The molecule has 1 heterocycles. The standard InChI is InChI=1S/C15H22N4OS/c1-4-12(16)13(11-9-7-6-8-10(11)3)21-15-18-17-14(20)19(15)5-2/h6-9,12-13H,4-5,16H2,1-3H3,(H,17,20). The lowest BCUT2D eigenvalue weighted by Gasteiger charge is -2.24. The van der Waals surface area contributed by atoms with E-state index in [2.05, 4.69) is 36.2 Å². The van der Waals surface area contributed by atoms with E-state index in [0.29, 0.717) is 11.7 Å². The lowest BCUT2D eigenvalue weighted by Crippen LogP contribution is -2.27. The van der Waals surface area contributed by atoms with E-state index in [4.69, 9.17) is 5.73 Å². The molecule has 0 saturated heterocycles. The van der Waals surface area contributed by atoms with Crippen LogP contribution in [0.3, 0.4) is 0 Å². The van der Waals surface area contributed by atoms with E-state index in [0.717, 1.165) is 6.42 Å². The molecule has 0 aliphatic heterocycles. The first kappa shape index (κ1) is 15.9. The van der Waals surface area contributed by atoms with Gasteiger partial charge in [-0.15, -0.1) is 5.10 Å². The number of thioether (sulfide) groups is 1. The number of nitrogens with two attached hydrogens (primary N) is 1. The van der Waals surface area contributed by atoms with Gasteiger partial charge in [-0.05, 0) is 31.4 Å². The van der Waals surface area contributed by atoms with Crippen LogP contribution < -0.4 is 11.4 Å². The highest BCUT2D eigenvalue weighted by atomic mass is 32.2. The molecule has 21 heavy (non-hydrogen) atoms. The number of nitrogens with one attached hydrogen (secondary N) is 1. The predicted octanol–water partition coefficient (Wildman–Crippen LogP) is 2.47. The Morgan fingerprint density at radius 3 is 2.71 bits per heavy atom. The number of nitrogens with zero attached hydrogens (tertiary/aromatic N) is 2. The molecule has 0 radical (unpaired) electrons. The number of aromatic nitrogens is 3. The Hall–Kier alpha value is -1.53. The van der Waals surface area contributed by atoms with Crippen LogP contribution in [0.4, 0.5) is 0 Å². The summed E-state index contributed by atoms with van der Waals surface area (Å²) in [6.45, 7) is 6.69. The number of rotatable bonds is 6. The monoisotopic (exact) mass is 306 g/mol. The molecule has 0 aliphatic carbocycles. The molecule has 6 heteroatoms. The average Bonchev–Trinajstić information content (AvgIpc) is 2.85. The van der Waals surface area contributed by atoms with Gasteiger partial charge in [0.15, 0.2) is 5.16 Å². The summed E-state index contributed by atoms with van der Waals surface area (Å²) in [6.07, 6.45) is 0.868. The van der Waals surface area contributed by atoms with E-state index in [1.54, 1.807) is 16.3 Å². The largest absolute Gasteiger partial charge is 0.343 e. The summed E-state index contributed by atoms with van der Waals surface area (Å²) in [4.78, 5) is 11.7. The molecule has 2 atom stereocenters. The van der Waals surface area contributed by atoms with Crippen LogP contribution in [0.5, 0.6) is 0 Å². The molecule has 0 fully saturated rings. The molecule has 0 saturated carbocycles. The smallest absolute Gasteiger partial charge is 0.326 e. The highest BCUT2D eigenvalue weighted by Crippen LogP contribution is 2.38. The molecule has 2 aromatic rings. The van der Waals surface area contributed by atoms with Crippen LogP contribution in [0.2, 0.25) is 0 Å². The fraction of sp³-hybridized carbons (Fsp3) is 0.467. The van der Waals surface area contributed by atoms with Crippen LogP contribution in [0.1, 0.15) is 36.6 Å². The van der Waals surface area contributed by atoms with Crippen molar-refractivity contribution in [1.82, 2.24) is 14.8 Å². The van der Waals surface area contributed by atoms with E-state index >= 15 is 0 Å². The van der Waals surface area contributed by atoms with Gasteiger partial charge < -0.3 is 5.73 Å². The third kappa shape index (κ3) is 3.39. The van der Waals surface area contributed by atoms with Crippen molar-refractivity contribution in [1.29, 1.82) is 0 Å². The minimum atomic E-state index is -0.173. The molecule has 0 bridgehead atoms. The molecule has 1 aromatic carbocycles. The van der Waals surface area contributed by atoms with Gasteiger partial charge in [0.1, 0.15) is 0 Å². The molecule has 2 unspecified atom stereocenters. The van der Waals surface area contributed by atoms with E-state index in [-0.39, 0.29) is 17.0 Å². The van der Waals surface area contributed by atoms with Crippen LogP contribution in [0, 0.1) is 6.92 Å². The van der Waals surface area contributed by atoms with Crippen molar-refractivity contribution < 1.29 is 0 Å². The molecule has 1 aromatic heterocycles. The van der Waals surface area contributed by atoms with Crippen molar-refractivity contribution in [3.8, 4) is 0 Å². The Balaban J connectivity index is 2.38. The van der Waals surface area contributed by atoms with Crippen molar-refractivity contribution in [2.24, 2.45) is 5.73 Å². The number of aryl methyl sites for hydroxylation is 1. The average molecular weight is 306 g/mol. The molecule has 5 nitrogen and oxygen atoms in total. The highest BCUT2D eigenvalue weighted by molar-refractivity contribution is 7.99. The van der Waals surface area contributed by atoms with Crippen LogP contribution in [0.15, 0.2) is 34.2 Å². The van der Waals surface area contributed by atoms with Crippen molar-refractivity contribution in [2.45, 2.75) is 50.2 Å². The highest BCUT2D eigenvalue weighted by Gasteiger charge is 2.24. The number of H-pyrrole nitrogens is 1. The van der Waals surface area contributed by atoms with Gasteiger partial charge in [0.05, 0.1) is 5.25 Å². The van der Waals surface area contributed by atoms with Crippen molar-refractivity contribution in [2.75, 3.05) is 0 Å². The SMILES string of the molecule is CCC(N)C(Sc1n[nH]c(=O)n1CC)c1ccccc1C. The molecule has 3 N–H and O–H groups in total. The topological polar surface area (TPSA) is 76.7 Å². The summed E-state index contributed by atoms with van der Waals surface area (Å²) in [5.41, 5.74) is 8.56. The second kappa shape index (κ2) is 6.95. The first-order valence-corrected chi connectivity index (χ1v) is 8.09. The lowest BCUT2D eigenvalue weighted by atomic mass is 10.00. The van der Waals surface area contributed by atoms with Crippen molar-refractivity contribution >= 4 is 11.8 Å². The predicted molar refractivity (Wildman–Crippen MR) is 86.6 cm³/mol. The Morgan fingerprint density at radius 1 is 1.38 bits per heavy atom. The maximum atomic E-state index is 11.7. The normalized spacial score (nSPS) is 14.1. The summed E-state index contributed by atoms with van der Waals surface area (Å²) in [5, 5.41) is 7.42. The summed E-state index contributed by atoms with van der Waals surface area (Å²) >= 11 is 1.56. The van der Waals surface area contributed by atoms with Gasteiger partial charge in [-0.25, -0.2) is 9.89 Å². The second-order valence-electron chi connectivity index (χ2n) is 5.02. The maximum absolute atomic E-state index is 11.7. The minimum Gasteiger partial charge on any atom is -0.326 e. The van der Waals surface area contributed by atoms with Crippen LogP contribution in [-0.4, -0.2) is 20.8 Å². The maximum Gasteiger partial charge on any atom is 0.343 e. The van der Waals surface area contributed by atoms with Crippen molar-refractivity contribution in [3.05, 3.63) is 45.9 Å². The minimum absolute atomic E-state index is 0.00760. The molecule has 114 valence electrons. The summed E-state index contributed by atoms with van der Waals surface area (Å²) in [5.74, 6) is 0. The van der Waals surface area contributed by atoms with Gasteiger partial charge in [0, 0.05) is 12.6 Å². The fourth-order valence-corrected chi connectivity index (χ4v) is 3.71. The Bertz CT molecular complexity index is 649. The summed E-state index contributed by atoms with van der Waals surface area (Å²) in [6, 6.07) is 8.24. The number of benzene rings is 1. The molecule has 0 amide bonds. The van der Waals surface area contributed by atoms with Crippen LogP contribution >= 0.6 is 11.8 Å². The summed E-state index contributed by atoms with van der Waals surface area (Å²) < 4.78 is 1.64. The zero-order valence-corrected chi connectivity index (χ0v) is 13.5. The van der Waals surface area contributed by atoms with Gasteiger partial charge in [-0.2, -0.15) is 0 Å². The summed E-state index contributed by atoms with van der Waals surface area (Å²) in [7, 11) is 0. The van der Waals surface area contributed by atoms with Crippen LogP contribution in [-0.2, 0) is 6.54 Å². The van der Waals surface area contributed by atoms with E-state index < -0.39 is 0 Å². The van der Waals surface area contributed by atoms with Gasteiger partial charge in [-0.1, -0.05) is 43.0 Å². The van der Waals surface area contributed by atoms with Gasteiger partial charge >= 0.3 is 5.69 Å². The zero-order valence-electron chi connectivity index (χ0n) is 12.7. The zero-order chi connectivity index (χ0) is 15.4. The first-order chi connectivity index (χ1) is 10.1.